The summed E-state index contributed by atoms with van der Waals surface area (Å²) in [4.78, 5) is 15.5. The monoisotopic (exact) mass is 490 g/mol. The van der Waals surface area contributed by atoms with Crippen molar-refractivity contribution in [3.05, 3.63) is 42.1 Å². The first kappa shape index (κ1) is 25.7. The highest BCUT2D eigenvalue weighted by Crippen LogP contribution is 2.41. The fourth-order valence-corrected chi connectivity index (χ4v) is 4.33. The van der Waals surface area contributed by atoms with Gasteiger partial charge in [-0.25, -0.2) is 4.79 Å². The lowest BCUT2D eigenvalue weighted by molar-refractivity contribution is 0.0361. The van der Waals surface area contributed by atoms with Crippen molar-refractivity contribution in [2.45, 2.75) is 6.54 Å². The highest BCUT2D eigenvalue weighted by molar-refractivity contribution is 6.09. The Hall–Kier alpha value is -2.94. The second kappa shape index (κ2) is 11.5. The third kappa shape index (κ3) is 4.94. The van der Waals surface area contributed by atoms with E-state index in [2.05, 4.69) is 4.90 Å². The number of carbonyl (C=O) groups is 1. The van der Waals surface area contributed by atoms with Crippen LogP contribution in [0.15, 0.2) is 36.4 Å². The van der Waals surface area contributed by atoms with E-state index in [-0.39, 0.29) is 12.4 Å². The summed E-state index contributed by atoms with van der Waals surface area (Å²) < 4.78 is 29.2. The number of methoxy groups -OCH3 is 4. The third-order valence-electron chi connectivity index (χ3n) is 6.07. The van der Waals surface area contributed by atoms with Crippen molar-refractivity contribution in [1.82, 2.24) is 9.47 Å². The molecule has 34 heavy (non-hydrogen) atoms. The van der Waals surface area contributed by atoms with Gasteiger partial charge in [0, 0.05) is 43.2 Å². The summed E-state index contributed by atoms with van der Waals surface area (Å²) in [5.74, 6) is 1.56. The maximum Gasteiger partial charge on any atom is 0.355 e. The minimum absolute atomic E-state index is 0. The second-order valence-electron chi connectivity index (χ2n) is 7.77. The number of fused-ring (bicyclic) bond motifs is 1. The zero-order valence-electron chi connectivity index (χ0n) is 20.0. The van der Waals surface area contributed by atoms with Crippen LogP contribution in [0.4, 0.5) is 0 Å². The fraction of sp³-hybridized carbons (Fsp3) is 0.400. The molecule has 0 N–H and O–H groups in total. The molecule has 0 bridgehead atoms. The molecule has 4 rings (SSSR count). The summed E-state index contributed by atoms with van der Waals surface area (Å²) in [5, 5.41) is 0.889. The lowest BCUT2D eigenvalue weighted by Gasteiger charge is -2.27. The van der Waals surface area contributed by atoms with Crippen molar-refractivity contribution in [3.8, 4) is 28.4 Å². The Kier molecular flexibility index (Phi) is 8.66. The molecule has 0 amide bonds. The predicted octanol–water partition coefficient (Wildman–Crippen LogP) is 3.87. The van der Waals surface area contributed by atoms with Gasteiger partial charge in [0.2, 0.25) is 0 Å². The van der Waals surface area contributed by atoms with Crippen LogP contribution >= 0.6 is 12.4 Å². The molecular weight excluding hydrogens is 460 g/mol. The quantitative estimate of drug-likeness (QED) is 0.444. The molecule has 9 heteroatoms. The smallest absolute Gasteiger partial charge is 0.355 e. The Morgan fingerprint density at radius 3 is 2.15 bits per heavy atom. The van der Waals surface area contributed by atoms with Crippen LogP contribution in [0.25, 0.3) is 22.0 Å². The van der Waals surface area contributed by atoms with Crippen molar-refractivity contribution in [2.75, 3.05) is 61.3 Å². The van der Waals surface area contributed by atoms with E-state index in [1.165, 1.54) is 7.11 Å². The summed E-state index contributed by atoms with van der Waals surface area (Å²) in [6.07, 6.45) is 0. The van der Waals surface area contributed by atoms with Crippen LogP contribution < -0.4 is 14.2 Å². The van der Waals surface area contributed by atoms with E-state index in [0.29, 0.717) is 23.7 Å². The number of esters is 1. The van der Waals surface area contributed by atoms with Gasteiger partial charge in [-0.1, -0.05) is 12.1 Å². The fourth-order valence-electron chi connectivity index (χ4n) is 4.33. The summed E-state index contributed by atoms with van der Waals surface area (Å²) >= 11 is 0. The van der Waals surface area contributed by atoms with Crippen molar-refractivity contribution in [3.63, 3.8) is 0 Å². The van der Waals surface area contributed by atoms with Crippen molar-refractivity contribution < 1.29 is 28.5 Å². The van der Waals surface area contributed by atoms with Gasteiger partial charge in [-0.3, -0.25) is 4.90 Å². The average molecular weight is 491 g/mol. The van der Waals surface area contributed by atoms with Crippen LogP contribution in [0.2, 0.25) is 0 Å². The largest absolute Gasteiger partial charge is 0.497 e. The first-order valence-corrected chi connectivity index (χ1v) is 10.9. The molecule has 0 atom stereocenters. The number of hydrogen-bond donors (Lipinski definition) is 0. The summed E-state index contributed by atoms with van der Waals surface area (Å²) in [6, 6.07) is 11.5. The predicted molar refractivity (Wildman–Crippen MR) is 133 cm³/mol. The SMILES string of the molecule is COC(=O)c1c(-c2ccc(OC)cc2)c2cc(OC)c(OC)cc2n1CCN1CCOCC1.Cl. The number of hydrogen-bond acceptors (Lipinski definition) is 7. The molecule has 1 aromatic heterocycles. The van der Waals surface area contributed by atoms with Crippen LogP contribution in [-0.2, 0) is 16.0 Å². The standard InChI is InChI=1S/C25H30N2O6.ClH/c1-29-18-7-5-17(6-8-18)23-19-15-21(30-2)22(31-3)16-20(19)27(24(23)25(28)32-4)10-9-26-11-13-33-14-12-26;/h5-8,15-16H,9-14H2,1-4H3;1H. The van der Waals surface area contributed by atoms with Crippen LogP contribution in [-0.4, -0.2) is 76.7 Å². The van der Waals surface area contributed by atoms with Gasteiger partial charge in [-0.15, -0.1) is 12.4 Å². The lowest BCUT2D eigenvalue weighted by Crippen LogP contribution is -2.38. The van der Waals surface area contributed by atoms with E-state index in [9.17, 15) is 4.79 Å². The maximum atomic E-state index is 13.1. The van der Waals surface area contributed by atoms with Crippen LogP contribution in [0.1, 0.15) is 10.5 Å². The molecule has 3 aromatic rings. The van der Waals surface area contributed by atoms with Gasteiger partial charge in [-0.2, -0.15) is 0 Å². The number of benzene rings is 2. The molecule has 0 radical (unpaired) electrons. The zero-order valence-corrected chi connectivity index (χ0v) is 20.8. The second-order valence-corrected chi connectivity index (χ2v) is 7.77. The molecule has 184 valence electrons. The van der Waals surface area contributed by atoms with E-state index in [0.717, 1.165) is 60.6 Å². The Morgan fingerprint density at radius 1 is 0.912 bits per heavy atom. The molecule has 1 aliphatic heterocycles. The number of ether oxygens (including phenoxy) is 5. The summed E-state index contributed by atoms with van der Waals surface area (Å²) in [5.41, 5.74) is 3.06. The molecule has 8 nitrogen and oxygen atoms in total. The number of nitrogens with zero attached hydrogens (tertiary/aromatic N) is 2. The van der Waals surface area contributed by atoms with Gasteiger partial charge in [-0.05, 0) is 23.8 Å². The van der Waals surface area contributed by atoms with Gasteiger partial charge in [0.25, 0.3) is 0 Å². The number of halogens is 1. The molecule has 1 fully saturated rings. The number of morpholine rings is 1. The molecule has 2 heterocycles. The summed E-state index contributed by atoms with van der Waals surface area (Å²) in [7, 11) is 6.25. The molecule has 0 unspecified atom stereocenters. The van der Waals surface area contributed by atoms with Crippen molar-refractivity contribution in [1.29, 1.82) is 0 Å². The van der Waals surface area contributed by atoms with Crippen molar-refractivity contribution >= 4 is 29.3 Å². The molecule has 0 aliphatic carbocycles. The number of carbonyl (C=O) groups excluding carboxylic acids is 1. The van der Waals surface area contributed by atoms with E-state index in [4.69, 9.17) is 23.7 Å². The van der Waals surface area contributed by atoms with Crippen molar-refractivity contribution in [2.24, 2.45) is 0 Å². The van der Waals surface area contributed by atoms with Crippen LogP contribution in [0, 0.1) is 0 Å². The van der Waals surface area contributed by atoms with Gasteiger partial charge >= 0.3 is 5.97 Å². The highest BCUT2D eigenvalue weighted by Gasteiger charge is 2.27. The minimum atomic E-state index is -0.392. The van der Waals surface area contributed by atoms with Gasteiger partial charge < -0.3 is 28.3 Å². The minimum Gasteiger partial charge on any atom is -0.497 e. The Bertz CT molecular complexity index is 1120. The Morgan fingerprint density at radius 2 is 1.56 bits per heavy atom. The first-order valence-electron chi connectivity index (χ1n) is 10.9. The molecule has 1 saturated heterocycles. The molecule has 1 aliphatic rings. The first-order chi connectivity index (χ1) is 16.1. The number of rotatable bonds is 8. The highest BCUT2D eigenvalue weighted by atomic mass is 35.5. The maximum absolute atomic E-state index is 13.1. The zero-order chi connectivity index (χ0) is 23.4. The lowest BCUT2D eigenvalue weighted by atomic mass is 10.0. The van der Waals surface area contributed by atoms with Crippen LogP contribution in [0.5, 0.6) is 17.2 Å². The van der Waals surface area contributed by atoms with E-state index < -0.39 is 5.97 Å². The third-order valence-corrected chi connectivity index (χ3v) is 6.07. The van der Waals surface area contributed by atoms with Gasteiger partial charge in [0.15, 0.2) is 11.5 Å². The topological polar surface area (TPSA) is 71.4 Å². The molecule has 0 spiro atoms. The Labute approximate surface area is 205 Å². The average Bonchev–Trinajstić information content (AvgIpc) is 3.19. The molecule has 0 saturated carbocycles. The number of aromatic nitrogens is 1. The summed E-state index contributed by atoms with van der Waals surface area (Å²) in [6.45, 7) is 4.58. The van der Waals surface area contributed by atoms with Gasteiger partial charge in [0.05, 0.1) is 47.2 Å². The molecule has 2 aromatic carbocycles. The van der Waals surface area contributed by atoms with Gasteiger partial charge in [0.1, 0.15) is 11.4 Å². The van der Waals surface area contributed by atoms with E-state index in [1.54, 1.807) is 21.3 Å². The molecular formula is C25H31ClN2O6. The normalized spacial score (nSPS) is 13.9. The van der Waals surface area contributed by atoms with Crippen LogP contribution in [0.3, 0.4) is 0 Å². The Balaban J connectivity index is 0.00000324. The van der Waals surface area contributed by atoms with E-state index in [1.807, 2.05) is 41.0 Å². The van der Waals surface area contributed by atoms with E-state index >= 15 is 0 Å².